The van der Waals surface area contributed by atoms with Gasteiger partial charge in [0.1, 0.15) is 5.69 Å². The Morgan fingerprint density at radius 1 is 1.03 bits per heavy atom. The van der Waals surface area contributed by atoms with Crippen molar-refractivity contribution in [3.63, 3.8) is 0 Å². The molecule has 3 N–H and O–H groups in total. The van der Waals surface area contributed by atoms with E-state index < -0.39 is 0 Å². The Morgan fingerprint density at radius 2 is 1.78 bits per heavy atom. The number of amides is 1. The van der Waals surface area contributed by atoms with Crippen LogP contribution in [0, 0.1) is 13.5 Å². The fourth-order valence-corrected chi connectivity index (χ4v) is 4.11. The van der Waals surface area contributed by atoms with Crippen LogP contribution in [-0.2, 0) is 0 Å². The molecule has 2 atom stereocenters. The number of aliphatic hydroxyl groups excluding tert-OH is 1. The summed E-state index contributed by atoms with van der Waals surface area (Å²) in [6.07, 6.45) is 0.786. The zero-order chi connectivity index (χ0) is 25.5. The standard InChI is InChI=1S/C29H29N5O2/c1-4-23(19-35)31-28(21-10-6-5-7-11-21)22-12-8-14-25(17-22)32-29(36)27-16-20(2)33-34(27)26-15-9-13-24(18-26)30-3/h5-18,23,28,31,35H,4,19H2,1-2H3,(H,32,36). The molecule has 0 aliphatic heterocycles. The van der Waals surface area contributed by atoms with Gasteiger partial charge in [-0.05, 0) is 54.8 Å². The second kappa shape index (κ2) is 11.5. The summed E-state index contributed by atoms with van der Waals surface area (Å²) in [4.78, 5) is 16.8. The molecule has 1 aromatic heterocycles. The van der Waals surface area contributed by atoms with E-state index in [1.807, 2.05) is 74.5 Å². The summed E-state index contributed by atoms with van der Waals surface area (Å²) in [6.45, 7) is 11.2. The molecule has 1 heterocycles. The Bertz CT molecular complexity index is 1370. The van der Waals surface area contributed by atoms with Gasteiger partial charge in [0.05, 0.1) is 30.6 Å². The lowest BCUT2D eigenvalue weighted by Gasteiger charge is -2.25. The van der Waals surface area contributed by atoms with Crippen molar-refractivity contribution >= 4 is 17.3 Å². The summed E-state index contributed by atoms with van der Waals surface area (Å²) in [6, 6.07) is 26.3. The van der Waals surface area contributed by atoms with E-state index in [0.29, 0.717) is 28.5 Å². The minimum atomic E-state index is -0.299. The normalized spacial score (nSPS) is 12.5. The van der Waals surface area contributed by atoms with E-state index in [1.165, 1.54) is 0 Å². The molecule has 0 saturated carbocycles. The van der Waals surface area contributed by atoms with Crippen molar-refractivity contribution in [1.82, 2.24) is 15.1 Å². The van der Waals surface area contributed by atoms with E-state index in [2.05, 4.69) is 20.6 Å². The monoisotopic (exact) mass is 479 g/mol. The second-order valence-electron chi connectivity index (χ2n) is 8.59. The topological polar surface area (TPSA) is 83.5 Å². The van der Waals surface area contributed by atoms with Crippen LogP contribution in [-0.4, -0.2) is 33.4 Å². The first-order valence-electron chi connectivity index (χ1n) is 11.9. The molecule has 7 nitrogen and oxygen atoms in total. The van der Waals surface area contributed by atoms with Gasteiger partial charge in [-0.15, -0.1) is 0 Å². The molecule has 2 unspecified atom stereocenters. The average Bonchev–Trinajstić information content (AvgIpc) is 3.32. The van der Waals surface area contributed by atoms with Gasteiger partial charge in [0, 0.05) is 11.7 Å². The number of aromatic nitrogens is 2. The number of aliphatic hydroxyl groups is 1. The van der Waals surface area contributed by atoms with Crippen molar-refractivity contribution in [2.24, 2.45) is 0 Å². The van der Waals surface area contributed by atoms with Crippen molar-refractivity contribution in [2.45, 2.75) is 32.4 Å². The highest BCUT2D eigenvalue weighted by Crippen LogP contribution is 2.26. The van der Waals surface area contributed by atoms with E-state index in [4.69, 9.17) is 6.57 Å². The lowest BCUT2D eigenvalue weighted by molar-refractivity contribution is 0.101. The highest BCUT2D eigenvalue weighted by Gasteiger charge is 2.20. The van der Waals surface area contributed by atoms with Crippen LogP contribution in [0.25, 0.3) is 10.5 Å². The summed E-state index contributed by atoms with van der Waals surface area (Å²) in [5.41, 5.74) is 4.90. The third kappa shape index (κ3) is 5.69. The Hall–Kier alpha value is -4.25. The molecule has 0 saturated heterocycles. The smallest absolute Gasteiger partial charge is 0.274 e. The Morgan fingerprint density at radius 3 is 2.50 bits per heavy atom. The van der Waals surface area contributed by atoms with Gasteiger partial charge in [-0.2, -0.15) is 5.10 Å². The van der Waals surface area contributed by atoms with Gasteiger partial charge in [0.25, 0.3) is 5.91 Å². The largest absolute Gasteiger partial charge is 0.395 e. The Balaban J connectivity index is 1.63. The van der Waals surface area contributed by atoms with Crippen LogP contribution in [0.15, 0.2) is 84.9 Å². The van der Waals surface area contributed by atoms with E-state index in [9.17, 15) is 9.90 Å². The van der Waals surface area contributed by atoms with Crippen LogP contribution in [0.3, 0.4) is 0 Å². The van der Waals surface area contributed by atoms with Gasteiger partial charge in [-0.1, -0.05) is 61.5 Å². The van der Waals surface area contributed by atoms with Crippen LogP contribution < -0.4 is 10.6 Å². The molecule has 7 heteroatoms. The third-order valence-electron chi connectivity index (χ3n) is 5.99. The van der Waals surface area contributed by atoms with E-state index in [-0.39, 0.29) is 24.6 Å². The van der Waals surface area contributed by atoms with E-state index in [1.54, 1.807) is 28.9 Å². The predicted octanol–water partition coefficient (Wildman–Crippen LogP) is 5.43. The molecule has 182 valence electrons. The van der Waals surface area contributed by atoms with Gasteiger partial charge in [0.2, 0.25) is 0 Å². The molecule has 0 spiro atoms. The van der Waals surface area contributed by atoms with Crippen molar-refractivity contribution in [1.29, 1.82) is 0 Å². The summed E-state index contributed by atoms with van der Waals surface area (Å²) in [7, 11) is 0. The maximum Gasteiger partial charge on any atom is 0.274 e. The number of anilines is 1. The zero-order valence-electron chi connectivity index (χ0n) is 20.3. The Labute approximate surface area is 211 Å². The van der Waals surface area contributed by atoms with Gasteiger partial charge >= 0.3 is 0 Å². The number of hydrogen-bond acceptors (Lipinski definition) is 4. The third-order valence-corrected chi connectivity index (χ3v) is 5.99. The maximum absolute atomic E-state index is 13.3. The van der Waals surface area contributed by atoms with E-state index >= 15 is 0 Å². The van der Waals surface area contributed by atoms with Gasteiger partial charge in [-0.25, -0.2) is 9.53 Å². The number of nitrogens with one attached hydrogen (secondary N) is 2. The minimum Gasteiger partial charge on any atom is -0.395 e. The summed E-state index contributed by atoms with van der Waals surface area (Å²) in [5, 5.41) is 20.8. The van der Waals surface area contributed by atoms with Crippen molar-refractivity contribution in [2.75, 3.05) is 11.9 Å². The number of rotatable bonds is 9. The number of benzene rings is 3. The number of aryl methyl sites for hydroxylation is 1. The first-order valence-corrected chi connectivity index (χ1v) is 11.9. The Kier molecular flexibility index (Phi) is 7.91. The zero-order valence-corrected chi connectivity index (χ0v) is 20.3. The first-order chi connectivity index (χ1) is 17.5. The highest BCUT2D eigenvalue weighted by molar-refractivity contribution is 6.03. The molecule has 4 aromatic rings. The molecular formula is C29H29N5O2. The summed E-state index contributed by atoms with van der Waals surface area (Å²) in [5.74, 6) is -0.299. The predicted molar refractivity (Wildman–Crippen MR) is 142 cm³/mol. The highest BCUT2D eigenvalue weighted by atomic mass is 16.3. The van der Waals surface area contributed by atoms with Crippen molar-refractivity contribution < 1.29 is 9.90 Å². The number of nitrogens with zero attached hydrogens (tertiary/aromatic N) is 3. The first kappa shape index (κ1) is 24.9. The van der Waals surface area contributed by atoms with E-state index in [0.717, 1.165) is 17.5 Å². The quantitative estimate of drug-likeness (QED) is 0.279. The molecule has 1 amide bonds. The van der Waals surface area contributed by atoms with Gasteiger partial charge < -0.3 is 15.7 Å². The minimum absolute atomic E-state index is 0.0360. The summed E-state index contributed by atoms with van der Waals surface area (Å²) < 4.78 is 1.56. The number of carbonyl (C=O) groups excluding carboxylic acids is 1. The number of carbonyl (C=O) groups is 1. The van der Waals surface area contributed by atoms with Crippen molar-refractivity contribution in [3.05, 3.63) is 119 Å². The number of hydrogen-bond donors (Lipinski definition) is 3. The molecule has 0 aliphatic rings. The molecule has 36 heavy (non-hydrogen) atoms. The molecular weight excluding hydrogens is 450 g/mol. The fraction of sp³-hybridized carbons (Fsp3) is 0.207. The van der Waals surface area contributed by atoms with Crippen LogP contribution >= 0.6 is 0 Å². The second-order valence-corrected chi connectivity index (χ2v) is 8.59. The SMILES string of the molecule is [C-]#[N+]c1cccc(-n2nc(C)cc2C(=O)Nc2cccc(C(NC(CC)CO)c3ccccc3)c2)c1. The average molecular weight is 480 g/mol. The van der Waals surface area contributed by atoms with Crippen LogP contribution in [0.2, 0.25) is 0 Å². The lowest BCUT2D eigenvalue weighted by Crippen LogP contribution is -2.35. The molecule has 0 fully saturated rings. The van der Waals surface area contributed by atoms with Crippen LogP contribution in [0.5, 0.6) is 0 Å². The molecule has 0 bridgehead atoms. The maximum atomic E-state index is 13.3. The summed E-state index contributed by atoms with van der Waals surface area (Å²) >= 11 is 0. The van der Waals surface area contributed by atoms with Crippen LogP contribution in [0.4, 0.5) is 11.4 Å². The van der Waals surface area contributed by atoms with Gasteiger partial charge in [-0.3, -0.25) is 4.79 Å². The van der Waals surface area contributed by atoms with Crippen molar-refractivity contribution in [3.8, 4) is 5.69 Å². The lowest BCUT2D eigenvalue weighted by atomic mass is 9.97. The van der Waals surface area contributed by atoms with Crippen LogP contribution in [0.1, 0.15) is 46.7 Å². The fourth-order valence-electron chi connectivity index (χ4n) is 4.11. The van der Waals surface area contributed by atoms with Gasteiger partial charge in [0.15, 0.2) is 5.69 Å². The molecule has 4 rings (SSSR count). The molecule has 3 aromatic carbocycles. The molecule has 0 aliphatic carbocycles. The molecule has 0 radical (unpaired) electrons.